The van der Waals surface area contributed by atoms with Crippen LogP contribution >= 0.6 is 0 Å². The standard InChI is InChI=1S/C10H15N7O/c1-11-6-8-7-18-5-4-16(8)10-3-2-9-12-14-15-17(9)13-10/h2-3,8,11H,4-7H2,1H3. The third-order valence-corrected chi connectivity index (χ3v) is 3.02. The van der Waals surface area contributed by atoms with Crippen LogP contribution in [-0.4, -0.2) is 64.6 Å². The average molecular weight is 249 g/mol. The van der Waals surface area contributed by atoms with E-state index in [1.807, 2.05) is 19.2 Å². The molecule has 8 heteroatoms. The van der Waals surface area contributed by atoms with E-state index in [1.165, 1.54) is 4.63 Å². The number of nitrogens with zero attached hydrogens (tertiary/aromatic N) is 6. The van der Waals surface area contributed by atoms with Gasteiger partial charge in [0.05, 0.1) is 19.3 Å². The summed E-state index contributed by atoms with van der Waals surface area (Å²) in [6, 6.07) is 4.10. The number of fused-ring (bicyclic) bond motifs is 1. The molecule has 1 N–H and O–H groups in total. The number of hydrogen-bond acceptors (Lipinski definition) is 7. The summed E-state index contributed by atoms with van der Waals surface area (Å²) in [6.45, 7) is 3.11. The molecule has 2 aromatic rings. The van der Waals surface area contributed by atoms with Crippen LogP contribution in [0, 0.1) is 0 Å². The lowest BCUT2D eigenvalue weighted by Crippen LogP contribution is -2.50. The molecule has 1 aliphatic rings. The molecule has 0 bridgehead atoms. The minimum Gasteiger partial charge on any atom is -0.377 e. The fourth-order valence-corrected chi connectivity index (χ4v) is 2.15. The maximum absolute atomic E-state index is 5.50. The summed E-state index contributed by atoms with van der Waals surface area (Å²) >= 11 is 0. The number of hydrogen-bond donors (Lipinski definition) is 1. The Kier molecular flexibility index (Phi) is 3.03. The third kappa shape index (κ3) is 2.00. The molecule has 1 unspecified atom stereocenters. The third-order valence-electron chi connectivity index (χ3n) is 3.02. The molecule has 2 aromatic heterocycles. The molecule has 1 aliphatic heterocycles. The summed E-state index contributed by atoms with van der Waals surface area (Å²) in [5.74, 6) is 0.873. The van der Waals surface area contributed by atoms with E-state index in [0.717, 1.165) is 25.5 Å². The van der Waals surface area contributed by atoms with Crippen molar-refractivity contribution in [3.05, 3.63) is 12.1 Å². The van der Waals surface area contributed by atoms with E-state index in [0.29, 0.717) is 12.3 Å². The Balaban J connectivity index is 1.90. The first kappa shape index (κ1) is 11.3. The number of morpholine rings is 1. The molecular formula is C10H15N7O. The first-order chi connectivity index (χ1) is 8.88. The summed E-state index contributed by atoms with van der Waals surface area (Å²) in [5.41, 5.74) is 0.650. The van der Waals surface area contributed by atoms with E-state index in [1.54, 1.807) is 0 Å². The van der Waals surface area contributed by atoms with Crippen molar-refractivity contribution in [3.8, 4) is 0 Å². The van der Waals surface area contributed by atoms with Gasteiger partial charge in [0.1, 0.15) is 0 Å². The normalized spacial score (nSPS) is 20.5. The Labute approximate surface area is 104 Å². The smallest absolute Gasteiger partial charge is 0.200 e. The fraction of sp³-hybridized carbons (Fsp3) is 0.600. The van der Waals surface area contributed by atoms with Crippen LogP contribution in [0.1, 0.15) is 0 Å². The highest BCUT2D eigenvalue weighted by molar-refractivity contribution is 5.45. The van der Waals surface area contributed by atoms with Crippen LogP contribution in [0.4, 0.5) is 5.82 Å². The number of anilines is 1. The van der Waals surface area contributed by atoms with E-state index in [-0.39, 0.29) is 6.04 Å². The maximum atomic E-state index is 5.50. The van der Waals surface area contributed by atoms with Crippen LogP contribution < -0.4 is 10.2 Å². The minimum absolute atomic E-state index is 0.283. The summed E-state index contributed by atoms with van der Waals surface area (Å²) < 4.78 is 6.95. The summed E-state index contributed by atoms with van der Waals surface area (Å²) in [6.07, 6.45) is 0. The van der Waals surface area contributed by atoms with Crippen LogP contribution in [0.5, 0.6) is 0 Å². The van der Waals surface area contributed by atoms with Crippen molar-refractivity contribution in [2.24, 2.45) is 0 Å². The first-order valence-electron chi connectivity index (χ1n) is 5.93. The zero-order chi connectivity index (χ0) is 12.4. The van der Waals surface area contributed by atoms with Gasteiger partial charge >= 0.3 is 0 Å². The van der Waals surface area contributed by atoms with E-state index in [9.17, 15) is 0 Å². The maximum Gasteiger partial charge on any atom is 0.200 e. The number of ether oxygens (including phenoxy) is 1. The largest absolute Gasteiger partial charge is 0.377 e. The van der Waals surface area contributed by atoms with Crippen molar-refractivity contribution in [3.63, 3.8) is 0 Å². The van der Waals surface area contributed by atoms with E-state index >= 15 is 0 Å². The minimum atomic E-state index is 0.283. The van der Waals surface area contributed by atoms with Crippen molar-refractivity contribution in [1.82, 2.24) is 30.6 Å². The monoisotopic (exact) mass is 249 g/mol. The van der Waals surface area contributed by atoms with Gasteiger partial charge in [-0.15, -0.1) is 14.8 Å². The molecule has 0 amide bonds. The summed E-state index contributed by atoms with van der Waals surface area (Å²) in [7, 11) is 1.94. The van der Waals surface area contributed by atoms with Gasteiger partial charge in [-0.2, -0.15) is 0 Å². The lowest BCUT2D eigenvalue weighted by molar-refractivity contribution is 0.0938. The Morgan fingerprint density at radius 2 is 2.44 bits per heavy atom. The molecule has 0 spiro atoms. The number of aromatic nitrogens is 5. The van der Waals surface area contributed by atoms with Gasteiger partial charge in [0.2, 0.25) is 0 Å². The molecule has 1 fully saturated rings. The lowest BCUT2D eigenvalue weighted by atomic mass is 10.2. The van der Waals surface area contributed by atoms with Crippen molar-refractivity contribution in [2.45, 2.75) is 6.04 Å². The van der Waals surface area contributed by atoms with E-state index in [4.69, 9.17) is 4.74 Å². The molecule has 18 heavy (non-hydrogen) atoms. The predicted octanol–water partition coefficient (Wildman–Crippen LogP) is -1.06. The van der Waals surface area contributed by atoms with Crippen molar-refractivity contribution < 1.29 is 4.74 Å². The Morgan fingerprint density at radius 1 is 1.50 bits per heavy atom. The van der Waals surface area contributed by atoms with Gasteiger partial charge in [-0.3, -0.25) is 0 Å². The molecule has 0 aromatic carbocycles. The molecule has 8 nitrogen and oxygen atoms in total. The molecular weight excluding hydrogens is 234 g/mol. The summed E-state index contributed by atoms with van der Waals surface area (Å²) in [4.78, 5) is 2.22. The van der Waals surface area contributed by atoms with Crippen LogP contribution in [0.3, 0.4) is 0 Å². The van der Waals surface area contributed by atoms with Crippen molar-refractivity contribution in [2.75, 3.05) is 38.3 Å². The predicted molar refractivity (Wildman–Crippen MR) is 64.5 cm³/mol. The van der Waals surface area contributed by atoms with E-state index in [2.05, 4.69) is 30.8 Å². The zero-order valence-electron chi connectivity index (χ0n) is 10.2. The Morgan fingerprint density at radius 3 is 3.33 bits per heavy atom. The number of nitrogens with one attached hydrogen (secondary N) is 1. The van der Waals surface area contributed by atoms with Gasteiger partial charge in [-0.05, 0) is 29.6 Å². The van der Waals surface area contributed by atoms with Crippen molar-refractivity contribution in [1.29, 1.82) is 0 Å². The Bertz CT molecular complexity index is 526. The second-order valence-electron chi connectivity index (χ2n) is 4.20. The second-order valence-corrected chi connectivity index (χ2v) is 4.20. The van der Waals surface area contributed by atoms with Crippen molar-refractivity contribution >= 4 is 11.5 Å². The highest BCUT2D eigenvalue weighted by Crippen LogP contribution is 2.16. The van der Waals surface area contributed by atoms with Crippen LogP contribution in [0.25, 0.3) is 5.65 Å². The molecule has 0 radical (unpaired) electrons. The van der Waals surface area contributed by atoms with Gasteiger partial charge in [0, 0.05) is 13.1 Å². The molecule has 96 valence electrons. The SMILES string of the molecule is CNCC1COCCN1c1ccc2nnnn2n1. The van der Waals surface area contributed by atoms with E-state index < -0.39 is 0 Å². The van der Waals surface area contributed by atoms with Gasteiger partial charge in [-0.25, -0.2) is 0 Å². The van der Waals surface area contributed by atoms with Gasteiger partial charge in [0.25, 0.3) is 0 Å². The van der Waals surface area contributed by atoms with Gasteiger partial charge < -0.3 is 15.0 Å². The lowest BCUT2D eigenvalue weighted by Gasteiger charge is -2.36. The average Bonchev–Trinajstić information content (AvgIpc) is 2.87. The van der Waals surface area contributed by atoms with Crippen LogP contribution in [0.2, 0.25) is 0 Å². The fourth-order valence-electron chi connectivity index (χ4n) is 2.15. The molecule has 1 atom stereocenters. The highest BCUT2D eigenvalue weighted by atomic mass is 16.5. The summed E-state index contributed by atoms with van der Waals surface area (Å²) in [5, 5.41) is 18.8. The van der Waals surface area contributed by atoms with Crippen LogP contribution in [-0.2, 0) is 4.74 Å². The molecule has 3 heterocycles. The quantitative estimate of drug-likeness (QED) is 0.743. The Hall–Kier alpha value is -1.80. The molecule has 0 saturated carbocycles. The van der Waals surface area contributed by atoms with Gasteiger partial charge in [0.15, 0.2) is 11.5 Å². The zero-order valence-corrected chi connectivity index (χ0v) is 10.2. The topological polar surface area (TPSA) is 80.5 Å². The molecule has 3 rings (SSSR count). The molecule has 1 saturated heterocycles. The first-order valence-corrected chi connectivity index (χ1v) is 5.93. The van der Waals surface area contributed by atoms with Crippen LogP contribution in [0.15, 0.2) is 12.1 Å². The second kappa shape index (κ2) is 4.83. The van der Waals surface area contributed by atoms with Gasteiger partial charge in [-0.1, -0.05) is 0 Å². The number of likely N-dealkylation sites (N-methyl/N-ethyl adjacent to an activating group) is 1. The number of tetrazole rings is 1. The molecule has 0 aliphatic carbocycles. The number of rotatable bonds is 3. The highest BCUT2D eigenvalue weighted by Gasteiger charge is 2.24.